The first-order valence-corrected chi connectivity index (χ1v) is 3.60. The van der Waals surface area contributed by atoms with E-state index in [0.29, 0.717) is 13.0 Å². The van der Waals surface area contributed by atoms with Gasteiger partial charge in [-0.3, -0.25) is 0 Å². The van der Waals surface area contributed by atoms with Crippen LogP contribution in [0.1, 0.15) is 19.8 Å². The third-order valence-corrected chi connectivity index (χ3v) is 1.10. The normalized spacial score (nSPS) is 24.4. The van der Waals surface area contributed by atoms with Gasteiger partial charge in [0, 0.05) is 6.61 Å². The molecule has 1 atom stereocenters. The molecular weight excluding hydrogens is 131 g/mol. The second-order valence-corrected chi connectivity index (χ2v) is 2.22. The van der Waals surface area contributed by atoms with Crippen LogP contribution in [0.15, 0.2) is 12.7 Å². The van der Waals surface area contributed by atoms with E-state index in [2.05, 4.69) is 6.58 Å². The molecule has 2 heteroatoms. The average molecular weight is 146 g/mol. The molecule has 0 aromatic heterocycles. The van der Waals surface area contributed by atoms with Crippen LogP contribution in [-0.2, 0) is 4.74 Å². The van der Waals surface area contributed by atoms with Crippen molar-refractivity contribution in [1.82, 2.24) is 0 Å². The van der Waals surface area contributed by atoms with Gasteiger partial charge in [-0.25, -0.2) is 4.39 Å². The third kappa shape index (κ3) is 5.76. The molecular formula is C8H15FO. The highest BCUT2D eigenvalue weighted by Crippen LogP contribution is 2.07. The summed E-state index contributed by atoms with van der Waals surface area (Å²) < 4.78 is 16.9. The van der Waals surface area contributed by atoms with Gasteiger partial charge in [0.2, 0.25) is 0 Å². The highest BCUT2D eigenvalue weighted by Gasteiger charge is 2.10. The maximum atomic E-state index is 12.1. The number of halogens is 1. The van der Waals surface area contributed by atoms with Crippen LogP contribution in [0.4, 0.5) is 4.39 Å². The summed E-state index contributed by atoms with van der Waals surface area (Å²) in [6, 6.07) is 0. The molecule has 0 bridgehead atoms. The Morgan fingerprint density at radius 1 is 1.70 bits per heavy atom. The Hall–Kier alpha value is -0.370. The Bertz CT molecular complexity index is 77.3. The molecule has 0 aromatic carbocycles. The average Bonchev–Trinajstić information content (AvgIpc) is 1.91. The van der Waals surface area contributed by atoms with Crippen LogP contribution >= 0.6 is 0 Å². The van der Waals surface area contributed by atoms with Crippen LogP contribution in [0.3, 0.4) is 0 Å². The van der Waals surface area contributed by atoms with Crippen LogP contribution < -0.4 is 0 Å². The van der Waals surface area contributed by atoms with Gasteiger partial charge in [0.05, 0.1) is 6.61 Å². The minimum Gasteiger partial charge on any atom is -0.378 e. The Morgan fingerprint density at radius 2 is 2.30 bits per heavy atom. The van der Waals surface area contributed by atoms with Gasteiger partial charge in [0.25, 0.3) is 0 Å². The lowest BCUT2D eigenvalue weighted by Crippen LogP contribution is -2.17. The summed E-state index contributed by atoms with van der Waals surface area (Å²) in [6.07, 6.45) is 2.65. The number of ether oxygens (including phenoxy) is 1. The van der Waals surface area contributed by atoms with Crippen molar-refractivity contribution in [3.63, 3.8) is 0 Å². The van der Waals surface area contributed by atoms with Gasteiger partial charge >= 0.3 is 0 Å². The molecule has 60 valence electrons. The second-order valence-electron chi connectivity index (χ2n) is 2.22. The zero-order chi connectivity index (χ0) is 7.82. The van der Waals surface area contributed by atoms with Gasteiger partial charge in [-0.2, -0.15) is 0 Å². The Morgan fingerprint density at radius 3 is 2.50 bits per heavy atom. The molecule has 0 aliphatic carbocycles. The molecule has 0 N–H and O–H groups in total. The lowest BCUT2D eigenvalue weighted by molar-refractivity contribution is 0.0366. The summed E-state index contributed by atoms with van der Waals surface area (Å²) >= 11 is 0. The lowest BCUT2D eigenvalue weighted by atomic mass is 10.2. The fraction of sp³-hybridized carbons (Fsp3) is 0.750. The zero-order valence-electron chi connectivity index (χ0n) is 6.48. The summed E-state index contributed by atoms with van der Waals surface area (Å²) in [7, 11) is 0. The van der Waals surface area contributed by atoms with Crippen LogP contribution in [0.25, 0.3) is 0 Å². The standard InChI is InChI=1S/C5H9FO.C3H6/c6-5-2-1-3-7-4-5;1-3-2/h5H,1-4H2;3H,1H2,2H3/t5-;/m0./s1. The monoisotopic (exact) mass is 146 g/mol. The summed E-state index contributed by atoms with van der Waals surface area (Å²) in [5, 5.41) is 0. The van der Waals surface area contributed by atoms with E-state index in [1.54, 1.807) is 6.08 Å². The van der Waals surface area contributed by atoms with E-state index in [4.69, 9.17) is 4.74 Å². The Balaban J connectivity index is 0.000000236. The molecule has 1 fully saturated rings. The van der Waals surface area contributed by atoms with Gasteiger partial charge in [0.1, 0.15) is 6.17 Å². The molecule has 0 aromatic rings. The van der Waals surface area contributed by atoms with E-state index >= 15 is 0 Å². The number of hydrogen-bond acceptors (Lipinski definition) is 1. The fourth-order valence-electron chi connectivity index (χ4n) is 0.701. The summed E-state index contributed by atoms with van der Waals surface area (Å²) in [5.41, 5.74) is 0. The predicted molar refractivity (Wildman–Crippen MR) is 40.8 cm³/mol. The van der Waals surface area contributed by atoms with Crippen molar-refractivity contribution in [2.24, 2.45) is 0 Å². The van der Waals surface area contributed by atoms with Gasteiger partial charge in [0.15, 0.2) is 0 Å². The van der Waals surface area contributed by atoms with Gasteiger partial charge < -0.3 is 4.74 Å². The largest absolute Gasteiger partial charge is 0.378 e. The van der Waals surface area contributed by atoms with Crippen LogP contribution in [0, 0.1) is 0 Å². The highest BCUT2D eigenvalue weighted by molar-refractivity contribution is 4.58. The molecule has 1 aliphatic rings. The third-order valence-electron chi connectivity index (χ3n) is 1.10. The van der Waals surface area contributed by atoms with Crippen molar-refractivity contribution in [1.29, 1.82) is 0 Å². The van der Waals surface area contributed by atoms with Crippen molar-refractivity contribution in [2.45, 2.75) is 25.9 Å². The van der Waals surface area contributed by atoms with Crippen molar-refractivity contribution >= 4 is 0 Å². The van der Waals surface area contributed by atoms with E-state index in [1.165, 1.54) is 0 Å². The molecule has 0 saturated carbocycles. The van der Waals surface area contributed by atoms with Gasteiger partial charge in [-0.1, -0.05) is 6.08 Å². The second kappa shape index (κ2) is 6.75. The molecule has 0 spiro atoms. The quantitative estimate of drug-likeness (QED) is 0.476. The molecule has 1 aliphatic heterocycles. The van der Waals surface area contributed by atoms with Crippen LogP contribution in [-0.4, -0.2) is 19.4 Å². The number of rotatable bonds is 0. The van der Waals surface area contributed by atoms with Gasteiger partial charge in [-0.15, -0.1) is 6.58 Å². The smallest absolute Gasteiger partial charge is 0.123 e. The lowest BCUT2D eigenvalue weighted by Gasteiger charge is -2.13. The van der Waals surface area contributed by atoms with Crippen LogP contribution in [0.5, 0.6) is 0 Å². The first-order chi connectivity index (χ1) is 4.81. The first-order valence-electron chi connectivity index (χ1n) is 3.60. The maximum Gasteiger partial charge on any atom is 0.123 e. The predicted octanol–water partition coefficient (Wildman–Crippen LogP) is 2.33. The van der Waals surface area contributed by atoms with Crippen molar-refractivity contribution in [2.75, 3.05) is 13.2 Å². The molecule has 1 nitrogen and oxygen atoms in total. The number of hydrogen-bond donors (Lipinski definition) is 0. The molecule has 0 amide bonds. The molecule has 10 heavy (non-hydrogen) atoms. The van der Waals surface area contributed by atoms with Crippen LogP contribution in [0.2, 0.25) is 0 Å². The SMILES string of the molecule is C=CC.F[C@H]1CCCOC1. The minimum atomic E-state index is -0.686. The van der Waals surface area contributed by atoms with Gasteiger partial charge in [-0.05, 0) is 19.8 Å². The van der Waals surface area contributed by atoms with E-state index in [0.717, 1.165) is 13.0 Å². The summed E-state index contributed by atoms with van der Waals surface area (Å²) in [4.78, 5) is 0. The van der Waals surface area contributed by atoms with E-state index in [-0.39, 0.29) is 0 Å². The van der Waals surface area contributed by atoms with E-state index in [1.807, 2.05) is 6.92 Å². The topological polar surface area (TPSA) is 9.23 Å². The van der Waals surface area contributed by atoms with E-state index < -0.39 is 6.17 Å². The molecule has 1 saturated heterocycles. The van der Waals surface area contributed by atoms with Crippen molar-refractivity contribution in [3.05, 3.63) is 12.7 Å². The summed E-state index contributed by atoms with van der Waals surface area (Å²) in [6.45, 7) is 6.32. The number of allylic oxidation sites excluding steroid dienone is 1. The maximum absolute atomic E-state index is 12.1. The Kier molecular flexibility index (Phi) is 6.50. The Labute approximate surface area is 61.9 Å². The molecule has 0 radical (unpaired) electrons. The fourth-order valence-corrected chi connectivity index (χ4v) is 0.701. The molecule has 1 rings (SSSR count). The van der Waals surface area contributed by atoms with Crippen molar-refractivity contribution in [3.8, 4) is 0 Å². The number of alkyl halides is 1. The molecule has 1 heterocycles. The minimum absolute atomic E-state index is 0.319. The first kappa shape index (κ1) is 9.63. The zero-order valence-corrected chi connectivity index (χ0v) is 6.48. The highest BCUT2D eigenvalue weighted by atomic mass is 19.1. The summed E-state index contributed by atoms with van der Waals surface area (Å²) in [5.74, 6) is 0. The van der Waals surface area contributed by atoms with E-state index in [9.17, 15) is 4.39 Å². The van der Waals surface area contributed by atoms with Crippen molar-refractivity contribution < 1.29 is 9.13 Å². The molecule has 0 unspecified atom stereocenters.